The van der Waals surface area contributed by atoms with E-state index in [0.717, 1.165) is 50.7 Å². The molecule has 30 heavy (non-hydrogen) atoms. The van der Waals surface area contributed by atoms with Crippen molar-refractivity contribution < 1.29 is 13.2 Å². The SMILES string of the molecule is O=C(CCCn1nnc2cc(S(=O)(=O)N3CCCCC3)ccc21)N1CCCCCC1. The van der Waals surface area contributed by atoms with E-state index in [1.165, 1.54) is 12.8 Å². The van der Waals surface area contributed by atoms with E-state index in [1.807, 2.05) is 4.90 Å². The minimum Gasteiger partial charge on any atom is -0.343 e. The van der Waals surface area contributed by atoms with Crippen LogP contribution in [0.1, 0.15) is 57.8 Å². The molecule has 1 aromatic carbocycles. The van der Waals surface area contributed by atoms with Crippen molar-refractivity contribution in [2.45, 2.75) is 69.2 Å². The number of carbonyl (C=O) groups is 1. The van der Waals surface area contributed by atoms with Gasteiger partial charge in [-0.1, -0.05) is 24.5 Å². The van der Waals surface area contributed by atoms with Gasteiger partial charge in [0.15, 0.2) is 0 Å². The molecular weight excluding hydrogens is 402 g/mol. The molecule has 0 radical (unpaired) electrons. The molecule has 0 aliphatic carbocycles. The summed E-state index contributed by atoms with van der Waals surface area (Å²) in [6.45, 7) is 3.50. The Hall–Kier alpha value is -2.00. The number of hydrogen-bond acceptors (Lipinski definition) is 5. The Morgan fingerprint density at radius 3 is 2.33 bits per heavy atom. The van der Waals surface area contributed by atoms with E-state index in [0.29, 0.717) is 38.0 Å². The minimum absolute atomic E-state index is 0.219. The third-order valence-electron chi connectivity index (χ3n) is 6.16. The molecule has 2 aliphatic heterocycles. The number of rotatable bonds is 6. The molecule has 2 saturated heterocycles. The average molecular weight is 434 g/mol. The van der Waals surface area contributed by atoms with E-state index in [2.05, 4.69) is 10.3 Å². The van der Waals surface area contributed by atoms with E-state index in [9.17, 15) is 13.2 Å². The topological polar surface area (TPSA) is 88.4 Å². The number of piperidine rings is 1. The summed E-state index contributed by atoms with van der Waals surface area (Å²) in [5.74, 6) is 0.219. The van der Waals surface area contributed by atoms with E-state index < -0.39 is 10.0 Å². The van der Waals surface area contributed by atoms with Gasteiger partial charge in [-0.05, 0) is 50.3 Å². The van der Waals surface area contributed by atoms with Crippen LogP contribution < -0.4 is 0 Å². The molecule has 0 N–H and O–H groups in total. The fourth-order valence-electron chi connectivity index (χ4n) is 4.39. The lowest BCUT2D eigenvalue weighted by Crippen LogP contribution is -2.35. The summed E-state index contributed by atoms with van der Waals surface area (Å²) >= 11 is 0. The van der Waals surface area contributed by atoms with Crippen LogP contribution >= 0.6 is 0 Å². The molecule has 2 aliphatic rings. The maximum atomic E-state index is 12.9. The van der Waals surface area contributed by atoms with Crippen molar-refractivity contribution in [3.63, 3.8) is 0 Å². The monoisotopic (exact) mass is 433 g/mol. The lowest BCUT2D eigenvalue weighted by atomic mass is 10.2. The van der Waals surface area contributed by atoms with Crippen molar-refractivity contribution in [2.75, 3.05) is 26.2 Å². The summed E-state index contributed by atoms with van der Waals surface area (Å²) in [7, 11) is -3.48. The Bertz CT molecular complexity index is 974. The molecule has 164 valence electrons. The number of sulfonamides is 1. The normalized spacial score (nSPS) is 19.1. The lowest BCUT2D eigenvalue weighted by Gasteiger charge is -2.25. The van der Waals surface area contributed by atoms with Crippen molar-refractivity contribution in [1.82, 2.24) is 24.2 Å². The Balaban J connectivity index is 1.39. The number of carbonyl (C=O) groups excluding carboxylic acids is 1. The molecule has 2 aromatic rings. The van der Waals surface area contributed by atoms with Crippen LogP contribution in [-0.2, 0) is 21.4 Å². The van der Waals surface area contributed by atoms with Crippen LogP contribution in [0.25, 0.3) is 11.0 Å². The number of nitrogens with zero attached hydrogens (tertiary/aromatic N) is 5. The standard InChI is InChI=1S/C21H31N5O3S/c27-21(24-12-4-1-2-5-13-24)9-8-16-26-20-11-10-18(17-19(20)22-23-26)30(28,29)25-14-6-3-7-15-25/h10-11,17H,1-9,12-16H2. The van der Waals surface area contributed by atoms with Crippen molar-refractivity contribution in [3.05, 3.63) is 18.2 Å². The Kier molecular flexibility index (Phi) is 6.67. The van der Waals surface area contributed by atoms with Crippen molar-refractivity contribution in [2.24, 2.45) is 0 Å². The second kappa shape index (κ2) is 9.43. The number of aryl methyl sites for hydroxylation is 1. The van der Waals surface area contributed by atoms with Gasteiger partial charge in [-0.25, -0.2) is 13.1 Å². The number of benzene rings is 1. The Labute approximate surface area is 178 Å². The molecule has 2 fully saturated rings. The molecule has 8 nitrogen and oxygen atoms in total. The largest absolute Gasteiger partial charge is 0.343 e. The van der Waals surface area contributed by atoms with Gasteiger partial charge >= 0.3 is 0 Å². The molecule has 0 saturated carbocycles. The van der Waals surface area contributed by atoms with Gasteiger partial charge in [0.05, 0.1) is 10.4 Å². The zero-order chi connectivity index (χ0) is 21.0. The van der Waals surface area contributed by atoms with Crippen molar-refractivity contribution >= 4 is 27.0 Å². The van der Waals surface area contributed by atoms with E-state index in [1.54, 1.807) is 27.2 Å². The van der Waals surface area contributed by atoms with Gasteiger partial charge in [-0.15, -0.1) is 5.10 Å². The quantitative estimate of drug-likeness (QED) is 0.699. The van der Waals surface area contributed by atoms with Gasteiger partial charge in [-0.3, -0.25) is 4.79 Å². The summed E-state index contributed by atoms with van der Waals surface area (Å²) in [5.41, 5.74) is 1.38. The van der Waals surface area contributed by atoms with Crippen LogP contribution in [0.5, 0.6) is 0 Å². The van der Waals surface area contributed by atoms with Gasteiger partial charge in [0.1, 0.15) is 5.52 Å². The maximum Gasteiger partial charge on any atom is 0.243 e. The number of fused-ring (bicyclic) bond motifs is 1. The summed E-state index contributed by atoms with van der Waals surface area (Å²) in [6.07, 6.45) is 8.73. The molecule has 0 bridgehead atoms. The van der Waals surface area contributed by atoms with Gasteiger partial charge in [0.2, 0.25) is 15.9 Å². The molecular formula is C21H31N5O3S. The first-order valence-electron chi connectivity index (χ1n) is 11.2. The first-order chi connectivity index (χ1) is 14.6. The van der Waals surface area contributed by atoms with E-state index in [4.69, 9.17) is 0 Å². The molecule has 0 spiro atoms. The summed E-state index contributed by atoms with van der Waals surface area (Å²) in [6, 6.07) is 5.04. The van der Waals surface area contributed by atoms with Crippen LogP contribution in [0.2, 0.25) is 0 Å². The van der Waals surface area contributed by atoms with Gasteiger partial charge < -0.3 is 4.90 Å². The molecule has 4 rings (SSSR count). The minimum atomic E-state index is -3.48. The van der Waals surface area contributed by atoms with Crippen LogP contribution in [0.3, 0.4) is 0 Å². The number of likely N-dealkylation sites (tertiary alicyclic amines) is 1. The predicted octanol–water partition coefficient (Wildman–Crippen LogP) is 2.79. The van der Waals surface area contributed by atoms with Gasteiger partial charge in [-0.2, -0.15) is 4.31 Å². The van der Waals surface area contributed by atoms with Crippen LogP contribution in [0, 0.1) is 0 Å². The third kappa shape index (κ3) is 4.67. The maximum absolute atomic E-state index is 12.9. The highest BCUT2D eigenvalue weighted by molar-refractivity contribution is 7.89. The highest BCUT2D eigenvalue weighted by atomic mass is 32.2. The highest BCUT2D eigenvalue weighted by Crippen LogP contribution is 2.23. The zero-order valence-corrected chi connectivity index (χ0v) is 18.3. The Morgan fingerprint density at radius 2 is 1.60 bits per heavy atom. The predicted molar refractivity (Wildman–Crippen MR) is 114 cm³/mol. The van der Waals surface area contributed by atoms with Crippen LogP contribution in [0.15, 0.2) is 23.1 Å². The number of hydrogen-bond donors (Lipinski definition) is 0. The third-order valence-corrected chi connectivity index (χ3v) is 8.05. The first kappa shape index (κ1) is 21.2. The summed E-state index contributed by atoms with van der Waals surface area (Å²) in [5, 5.41) is 8.36. The number of amides is 1. The van der Waals surface area contributed by atoms with Gasteiger partial charge in [0, 0.05) is 39.1 Å². The highest BCUT2D eigenvalue weighted by Gasteiger charge is 2.26. The Morgan fingerprint density at radius 1 is 0.933 bits per heavy atom. The average Bonchev–Trinajstić information content (AvgIpc) is 2.97. The van der Waals surface area contributed by atoms with Crippen LogP contribution in [-0.4, -0.2) is 64.7 Å². The molecule has 1 aromatic heterocycles. The van der Waals surface area contributed by atoms with Crippen molar-refractivity contribution in [1.29, 1.82) is 0 Å². The molecule has 3 heterocycles. The molecule has 1 amide bonds. The summed E-state index contributed by atoms with van der Waals surface area (Å²) < 4.78 is 29.1. The molecule has 9 heteroatoms. The second-order valence-corrected chi connectivity index (χ2v) is 10.3. The molecule has 0 atom stereocenters. The zero-order valence-electron chi connectivity index (χ0n) is 17.5. The van der Waals surface area contributed by atoms with Crippen LogP contribution in [0.4, 0.5) is 0 Å². The van der Waals surface area contributed by atoms with E-state index >= 15 is 0 Å². The van der Waals surface area contributed by atoms with Gasteiger partial charge in [0.25, 0.3) is 0 Å². The first-order valence-corrected chi connectivity index (χ1v) is 12.6. The van der Waals surface area contributed by atoms with Crippen molar-refractivity contribution in [3.8, 4) is 0 Å². The fourth-order valence-corrected chi connectivity index (χ4v) is 5.93. The lowest BCUT2D eigenvalue weighted by molar-refractivity contribution is -0.131. The van der Waals surface area contributed by atoms with E-state index in [-0.39, 0.29) is 10.8 Å². The smallest absolute Gasteiger partial charge is 0.243 e. The number of aromatic nitrogens is 3. The second-order valence-electron chi connectivity index (χ2n) is 8.33. The fraction of sp³-hybridized carbons (Fsp3) is 0.667. The summed E-state index contributed by atoms with van der Waals surface area (Å²) in [4.78, 5) is 14.7. The molecule has 0 unspecified atom stereocenters.